The van der Waals surface area contributed by atoms with Gasteiger partial charge in [-0.2, -0.15) is 0 Å². The number of hydrogen-bond acceptors (Lipinski definition) is 2. The van der Waals surface area contributed by atoms with Gasteiger partial charge in [0.2, 0.25) is 0 Å². The first-order valence-electron chi connectivity index (χ1n) is 6.47. The van der Waals surface area contributed by atoms with Crippen molar-refractivity contribution < 1.29 is 0 Å². The summed E-state index contributed by atoms with van der Waals surface area (Å²) in [4.78, 5) is 2.56. The second-order valence-corrected chi connectivity index (χ2v) is 6.19. The molecule has 0 unspecified atom stereocenters. The summed E-state index contributed by atoms with van der Waals surface area (Å²) < 4.78 is 0. The fourth-order valence-electron chi connectivity index (χ4n) is 2.14. The fourth-order valence-corrected chi connectivity index (χ4v) is 2.79. The van der Waals surface area contributed by atoms with Gasteiger partial charge in [-0.15, -0.1) is 0 Å². The lowest BCUT2D eigenvalue weighted by Crippen LogP contribution is -2.18. The van der Waals surface area contributed by atoms with E-state index in [0.717, 1.165) is 23.2 Å². The van der Waals surface area contributed by atoms with E-state index >= 15 is 0 Å². The molecule has 2 nitrogen and oxygen atoms in total. The maximum absolute atomic E-state index is 6.20. The van der Waals surface area contributed by atoms with Gasteiger partial charge in [0.25, 0.3) is 0 Å². The Hall–Kier alpha value is -1.13. The van der Waals surface area contributed by atoms with Crippen molar-refractivity contribution in [2.24, 2.45) is 5.73 Å². The van der Waals surface area contributed by atoms with Gasteiger partial charge in [0.1, 0.15) is 4.99 Å². The first kappa shape index (κ1) is 16.2. The molecular weight excluding hydrogens is 323 g/mol. The lowest BCUT2D eigenvalue weighted by Gasteiger charge is -2.19. The lowest BCUT2D eigenvalue weighted by atomic mass is 10.1. The Bertz CT molecular complexity index is 638. The first-order chi connectivity index (χ1) is 9.97. The van der Waals surface area contributed by atoms with Gasteiger partial charge >= 0.3 is 0 Å². The third kappa shape index (κ3) is 4.42. The number of hydrogen-bond donors (Lipinski definition) is 1. The van der Waals surface area contributed by atoms with Gasteiger partial charge in [-0.3, -0.25) is 4.90 Å². The van der Waals surface area contributed by atoms with Crippen LogP contribution in [0.3, 0.4) is 0 Å². The molecule has 0 amide bonds. The Morgan fingerprint density at radius 3 is 2.33 bits per heavy atom. The van der Waals surface area contributed by atoms with E-state index in [-0.39, 0.29) is 0 Å². The second kappa shape index (κ2) is 7.23. The van der Waals surface area contributed by atoms with Gasteiger partial charge < -0.3 is 5.73 Å². The van der Waals surface area contributed by atoms with Crippen molar-refractivity contribution in [3.8, 4) is 0 Å². The molecule has 0 atom stereocenters. The smallest absolute Gasteiger partial charge is 0.103 e. The summed E-state index contributed by atoms with van der Waals surface area (Å²) in [5.74, 6) is 0. The highest BCUT2D eigenvalue weighted by Crippen LogP contribution is 2.25. The minimum atomic E-state index is 0.411. The van der Waals surface area contributed by atoms with Crippen LogP contribution in [0.5, 0.6) is 0 Å². The van der Waals surface area contributed by atoms with Crippen LogP contribution in [-0.2, 0) is 13.1 Å². The molecule has 2 aromatic carbocycles. The van der Waals surface area contributed by atoms with E-state index in [1.54, 1.807) is 0 Å². The van der Waals surface area contributed by atoms with Crippen LogP contribution in [-0.4, -0.2) is 16.9 Å². The van der Waals surface area contributed by atoms with Crippen molar-refractivity contribution in [2.75, 3.05) is 7.05 Å². The normalized spacial score (nSPS) is 10.9. The van der Waals surface area contributed by atoms with Crippen LogP contribution in [0.4, 0.5) is 0 Å². The Labute approximate surface area is 140 Å². The van der Waals surface area contributed by atoms with E-state index in [1.807, 2.05) is 49.5 Å². The zero-order valence-corrected chi connectivity index (χ0v) is 14.0. The van der Waals surface area contributed by atoms with Crippen molar-refractivity contribution in [3.05, 3.63) is 69.2 Å². The van der Waals surface area contributed by atoms with Gasteiger partial charge in [-0.25, -0.2) is 0 Å². The van der Waals surface area contributed by atoms with Crippen molar-refractivity contribution in [3.63, 3.8) is 0 Å². The van der Waals surface area contributed by atoms with E-state index in [2.05, 4.69) is 4.90 Å². The van der Waals surface area contributed by atoms with E-state index < -0.39 is 0 Å². The van der Waals surface area contributed by atoms with Crippen LogP contribution < -0.4 is 5.73 Å². The standard InChI is InChI=1S/C16H16Cl2N2S/c1-20(10-13-14(17)6-3-7-15(13)18)9-11-4-2-5-12(8-11)16(19)21/h2-8H,9-10H2,1H3,(H2,19,21). The monoisotopic (exact) mass is 338 g/mol. The fraction of sp³-hybridized carbons (Fsp3) is 0.188. The average molecular weight is 339 g/mol. The minimum Gasteiger partial charge on any atom is -0.389 e. The SMILES string of the molecule is CN(Cc1cccc(C(N)=S)c1)Cc1c(Cl)cccc1Cl. The van der Waals surface area contributed by atoms with E-state index in [4.69, 9.17) is 41.2 Å². The summed E-state index contributed by atoms with van der Waals surface area (Å²) >= 11 is 17.4. The van der Waals surface area contributed by atoms with Gasteiger partial charge in [0.05, 0.1) is 0 Å². The molecule has 2 N–H and O–H groups in total. The molecule has 0 spiro atoms. The van der Waals surface area contributed by atoms with Crippen LogP contribution in [0.2, 0.25) is 10.0 Å². The summed E-state index contributed by atoms with van der Waals surface area (Å²) in [7, 11) is 2.02. The molecule has 0 bridgehead atoms. The minimum absolute atomic E-state index is 0.411. The largest absolute Gasteiger partial charge is 0.389 e. The van der Waals surface area contributed by atoms with Gasteiger partial charge in [0.15, 0.2) is 0 Å². The molecular formula is C16H16Cl2N2S. The third-order valence-electron chi connectivity index (χ3n) is 3.15. The Morgan fingerprint density at radius 2 is 1.71 bits per heavy atom. The molecule has 0 heterocycles. The molecule has 0 saturated carbocycles. The Kier molecular flexibility index (Phi) is 5.59. The second-order valence-electron chi connectivity index (χ2n) is 4.94. The maximum Gasteiger partial charge on any atom is 0.103 e. The molecule has 0 aliphatic rings. The van der Waals surface area contributed by atoms with Gasteiger partial charge in [-0.1, -0.05) is 59.7 Å². The molecule has 21 heavy (non-hydrogen) atoms. The Balaban J connectivity index is 2.10. The molecule has 0 aliphatic heterocycles. The highest BCUT2D eigenvalue weighted by molar-refractivity contribution is 7.80. The third-order valence-corrected chi connectivity index (χ3v) is 4.10. The van der Waals surface area contributed by atoms with E-state index in [9.17, 15) is 0 Å². The molecule has 2 aromatic rings. The van der Waals surface area contributed by atoms with Crippen molar-refractivity contribution >= 4 is 40.4 Å². The molecule has 0 saturated heterocycles. The summed E-state index contributed by atoms with van der Waals surface area (Å²) in [6.07, 6.45) is 0. The number of nitrogens with zero attached hydrogens (tertiary/aromatic N) is 1. The Morgan fingerprint density at radius 1 is 1.10 bits per heavy atom. The van der Waals surface area contributed by atoms with E-state index in [1.165, 1.54) is 0 Å². The van der Waals surface area contributed by atoms with Gasteiger partial charge in [-0.05, 0) is 30.8 Å². The number of rotatable bonds is 5. The molecule has 2 rings (SSSR count). The summed E-state index contributed by atoms with van der Waals surface area (Å²) in [6.45, 7) is 1.44. The number of thiocarbonyl (C=S) groups is 1. The zero-order valence-electron chi connectivity index (χ0n) is 11.6. The highest BCUT2D eigenvalue weighted by atomic mass is 35.5. The molecule has 0 fully saturated rings. The lowest BCUT2D eigenvalue weighted by molar-refractivity contribution is 0.319. The maximum atomic E-state index is 6.20. The van der Waals surface area contributed by atoms with Crippen LogP contribution in [0.15, 0.2) is 42.5 Å². The van der Waals surface area contributed by atoms with Crippen LogP contribution in [0.25, 0.3) is 0 Å². The summed E-state index contributed by atoms with van der Waals surface area (Å²) in [6, 6.07) is 13.5. The first-order valence-corrected chi connectivity index (χ1v) is 7.64. The average Bonchev–Trinajstić information content (AvgIpc) is 2.43. The van der Waals surface area contributed by atoms with Crippen molar-refractivity contribution in [1.29, 1.82) is 0 Å². The molecule has 110 valence electrons. The predicted octanol–water partition coefficient (Wildman–Crippen LogP) is 4.26. The number of nitrogens with two attached hydrogens (primary N) is 1. The predicted molar refractivity (Wildman–Crippen MR) is 94.0 cm³/mol. The highest BCUT2D eigenvalue weighted by Gasteiger charge is 2.09. The van der Waals surface area contributed by atoms with Crippen LogP contribution in [0.1, 0.15) is 16.7 Å². The molecule has 0 aliphatic carbocycles. The van der Waals surface area contributed by atoms with Crippen molar-refractivity contribution in [1.82, 2.24) is 4.90 Å². The van der Waals surface area contributed by atoms with Crippen molar-refractivity contribution in [2.45, 2.75) is 13.1 Å². The zero-order chi connectivity index (χ0) is 15.4. The quantitative estimate of drug-likeness (QED) is 0.826. The van der Waals surface area contributed by atoms with Crippen LogP contribution >= 0.6 is 35.4 Å². The number of halogens is 2. The topological polar surface area (TPSA) is 29.3 Å². The molecule has 0 radical (unpaired) electrons. The summed E-state index contributed by atoms with van der Waals surface area (Å²) in [5, 5.41) is 1.37. The molecule has 0 aromatic heterocycles. The summed E-state index contributed by atoms with van der Waals surface area (Å²) in [5.41, 5.74) is 8.62. The number of benzene rings is 2. The van der Waals surface area contributed by atoms with Gasteiger partial charge in [0, 0.05) is 34.3 Å². The molecule has 5 heteroatoms. The van der Waals surface area contributed by atoms with E-state index in [0.29, 0.717) is 21.6 Å². The van der Waals surface area contributed by atoms with Crippen LogP contribution in [0, 0.1) is 0 Å².